The van der Waals surface area contributed by atoms with Crippen molar-refractivity contribution in [1.29, 1.82) is 0 Å². The molecule has 2 heterocycles. The van der Waals surface area contributed by atoms with Gasteiger partial charge in [-0.1, -0.05) is 43.7 Å². The third-order valence-electron chi connectivity index (χ3n) is 6.35. The Morgan fingerprint density at radius 1 is 0.973 bits per heavy atom. The lowest BCUT2D eigenvalue weighted by Crippen LogP contribution is -2.29. The number of carbonyl (C=O) groups excluding carboxylic acids is 2. The average Bonchev–Trinajstić information content (AvgIpc) is 3.17. The van der Waals surface area contributed by atoms with Crippen molar-refractivity contribution in [3.63, 3.8) is 0 Å². The maximum absolute atomic E-state index is 13.4. The fourth-order valence-electron chi connectivity index (χ4n) is 4.47. The van der Waals surface area contributed by atoms with Crippen molar-refractivity contribution >= 4 is 23.1 Å². The van der Waals surface area contributed by atoms with Gasteiger partial charge in [0, 0.05) is 11.3 Å². The van der Waals surface area contributed by atoms with Gasteiger partial charge in [-0.2, -0.15) is 0 Å². The number of anilines is 1. The van der Waals surface area contributed by atoms with Gasteiger partial charge in [0.1, 0.15) is 24.7 Å². The van der Waals surface area contributed by atoms with E-state index in [0.29, 0.717) is 59.8 Å². The molecule has 1 fully saturated rings. The zero-order valence-corrected chi connectivity index (χ0v) is 21.1. The summed E-state index contributed by atoms with van der Waals surface area (Å²) < 4.78 is 17.0. The lowest BCUT2D eigenvalue weighted by Gasteiger charge is -2.26. The van der Waals surface area contributed by atoms with E-state index in [1.54, 1.807) is 30.3 Å². The van der Waals surface area contributed by atoms with Crippen LogP contribution >= 0.6 is 0 Å². The summed E-state index contributed by atoms with van der Waals surface area (Å²) in [5.74, 6) is 0.389. The van der Waals surface area contributed by atoms with Crippen molar-refractivity contribution in [1.82, 2.24) is 0 Å². The fourth-order valence-corrected chi connectivity index (χ4v) is 4.47. The van der Waals surface area contributed by atoms with Crippen molar-refractivity contribution in [2.45, 2.75) is 26.8 Å². The molecule has 3 aromatic carbocycles. The number of Topliss-reactive ketones (excluding diaryl/α,β-unsaturated/α-hetero) is 1. The SMILES string of the molecule is Cc1ccc(N2C(=O)C(=O)/C(=C(\O)c3ccc4c(c3)OCCO4)C2c2ccc(OCC(C)C)cc2)cc1. The van der Waals surface area contributed by atoms with Gasteiger partial charge in [-0.25, -0.2) is 0 Å². The van der Waals surface area contributed by atoms with Crippen molar-refractivity contribution in [2.24, 2.45) is 5.92 Å². The predicted molar refractivity (Wildman–Crippen MR) is 140 cm³/mol. The van der Waals surface area contributed by atoms with Gasteiger partial charge in [0.25, 0.3) is 11.7 Å². The van der Waals surface area contributed by atoms with E-state index in [1.165, 1.54) is 4.90 Å². The molecule has 1 atom stereocenters. The summed E-state index contributed by atoms with van der Waals surface area (Å²) in [5, 5.41) is 11.4. The summed E-state index contributed by atoms with van der Waals surface area (Å²) in [6.07, 6.45) is 0. The highest BCUT2D eigenvalue weighted by Gasteiger charge is 2.47. The number of rotatable bonds is 6. The van der Waals surface area contributed by atoms with E-state index in [0.717, 1.165) is 5.56 Å². The molecule has 2 aliphatic rings. The number of aryl methyl sites for hydroxylation is 1. The first-order chi connectivity index (χ1) is 17.8. The van der Waals surface area contributed by atoms with Crippen LogP contribution in [0, 0.1) is 12.8 Å². The van der Waals surface area contributed by atoms with E-state index >= 15 is 0 Å². The Morgan fingerprint density at radius 3 is 2.32 bits per heavy atom. The summed E-state index contributed by atoms with van der Waals surface area (Å²) in [6, 6.07) is 18.8. The normalized spacial score (nSPS) is 18.4. The van der Waals surface area contributed by atoms with Crippen molar-refractivity contribution in [3.05, 3.63) is 89.0 Å². The molecule has 37 heavy (non-hydrogen) atoms. The second-order valence-corrected chi connectivity index (χ2v) is 9.64. The van der Waals surface area contributed by atoms with Gasteiger partial charge in [-0.05, 0) is 60.9 Å². The van der Waals surface area contributed by atoms with Gasteiger partial charge in [-0.3, -0.25) is 14.5 Å². The Kier molecular flexibility index (Phi) is 6.61. The molecule has 0 radical (unpaired) electrons. The monoisotopic (exact) mass is 499 g/mol. The van der Waals surface area contributed by atoms with E-state index in [9.17, 15) is 14.7 Å². The van der Waals surface area contributed by atoms with Crippen molar-refractivity contribution < 1.29 is 28.9 Å². The minimum absolute atomic E-state index is 0.0121. The maximum atomic E-state index is 13.4. The number of hydrogen-bond acceptors (Lipinski definition) is 6. The number of amides is 1. The molecule has 0 spiro atoms. The number of nitrogens with zero attached hydrogens (tertiary/aromatic N) is 1. The standard InChI is InChI=1S/C30H29NO6/c1-18(2)17-37-23-11-6-20(7-12-23)27-26(28(32)21-8-13-24-25(16-21)36-15-14-35-24)29(33)30(34)31(27)22-9-4-19(3)5-10-22/h4-13,16,18,27,32H,14-15,17H2,1-3H3/b28-26-. The Balaban J connectivity index is 1.61. The number of fused-ring (bicyclic) bond motifs is 1. The van der Waals surface area contributed by atoms with Gasteiger partial charge in [-0.15, -0.1) is 0 Å². The van der Waals surface area contributed by atoms with Gasteiger partial charge in [0.15, 0.2) is 11.5 Å². The Hall–Kier alpha value is -4.26. The molecular weight excluding hydrogens is 470 g/mol. The predicted octanol–water partition coefficient (Wildman–Crippen LogP) is 5.43. The van der Waals surface area contributed by atoms with Crippen LogP contribution in [0.25, 0.3) is 5.76 Å². The summed E-state index contributed by atoms with van der Waals surface area (Å²) in [5.41, 5.74) is 2.65. The first-order valence-electron chi connectivity index (χ1n) is 12.3. The second kappa shape index (κ2) is 10.0. The largest absolute Gasteiger partial charge is 0.507 e. The highest BCUT2D eigenvalue weighted by molar-refractivity contribution is 6.51. The molecule has 3 aromatic rings. The Morgan fingerprint density at radius 2 is 1.65 bits per heavy atom. The number of hydrogen-bond donors (Lipinski definition) is 1. The number of carbonyl (C=O) groups is 2. The molecule has 0 aromatic heterocycles. The third kappa shape index (κ3) is 4.77. The fraction of sp³-hybridized carbons (Fsp3) is 0.267. The molecule has 1 amide bonds. The Labute approximate surface area is 215 Å². The molecule has 1 N–H and O–H groups in total. The second-order valence-electron chi connectivity index (χ2n) is 9.64. The number of aliphatic hydroxyl groups is 1. The zero-order valence-electron chi connectivity index (χ0n) is 21.1. The van der Waals surface area contributed by atoms with Crippen LogP contribution in [-0.2, 0) is 9.59 Å². The minimum Gasteiger partial charge on any atom is -0.507 e. The number of ether oxygens (including phenoxy) is 3. The van der Waals surface area contributed by atoms with E-state index in [-0.39, 0.29) is 11.3 Å². The minimum atomic E-state index is -0.824. The van der Waals surface area contributed by atoms with Crippen LogP contribution in [0.3, 0.4) is 0 Å². The van der Waals surface area contributed by atoms with E-state index in [1.807, 2.05) is 43.3 Å². The first kappa shape index (κ1) is 24.4. The van der Waals surface area contributed by atoms with Crippen LogP contribution in [0.2, 0.25) is 0 Å². The van der Waals surface area contributed by atoms with Crippen LogP contribution in [0.1, 0.15) is 36.6 Å². The quantitative estimate of drug-likeness (QED) is 0.277. The smallest absolute Gasteiger partial charge is 0.300 e. The summed E-state index contributed by atoms with van der Waals surface area (Å²) in [6.45, 7) is 7.50. The lowest BCUT2D eigenvalue weighted by atomic mass is 9.95. The summed E-state index contributed by atoms with van der Waals surface area (Å²) in [4.78, 5) is 28.2. The molecular formula is C30H29NO6. The molecule has 0 bridgehead atoms. The highest BCUT2D eigenvalue weighted by atomic mass is 16.6. The molecule has 1 saturated heterocycles. The molecule has 7 heteroatoms. The van der Waals surface area contributed by atoms with Gasteiger partial charge >= 0.3 is 0 Å². The maximum Gasteiger partial charge on any atom is 0.300 e. The van der Waals surface area contributed by atoms with E-state index in [4.69, 9.17) is 14.2 Å². The van der Waals surface area contributed by atoms with E-state index in [2.05, 4.69) is 13.8 Å². The third-order valence-corrected chi connectivity index (χ3v) is 6.35. The van der Waals surface area contributed by atoms with Crippen LogP contribution < -0.4 is 19.1 Å². The van der Waals surface area contributed by atoms with Crippen LogP contribution in [0.15, 0.2) is 72.3 Å². The van der Waals surface area contributed by atoms with Gasteiger partial charge in [0.2, 0.25) is 0 Å². The zero-order chi connectivity index (χ0) is 26.1. The average molecular weight is 500 g/mol. The molecule has 7 nitrogen and oxygen atoms in total. The molecule has 5 rings (SSSR count). The molecule has 1 unspecified atom stereocenters. The molecule has 0 aliphatic carbocycles. The number of aliphatic hydroxyl groups excluding tert-OH is 1. The number of ketones is 1. The van der Waals surface area contributed by atoms with Crippen molar-refractivity contribution in [2.75, 3.05) is 24.7 Å². The molecule has 2 aliphatic heterocycles. The first-order valence-corrected chi connectivity index (χ1v) is 12.3. The van der Waals surface area contributed by atoms with Crippen molar-refractivity contribution in [3.8, 4) is 17.2 Å². The van der Waals surface area contributed by atoms with Gasteiger partial charge in [0.05, 0.1) is 18.2 Å². The van der Waals surface area contributed by atoms with Gasteiger partial charge < -0.3 is 19.3 Å². The van der Waals surface area contributed by atoms with Crippen LogP contribution in [-0.4, -0.2) is 36.6 Å². The summed E-state index contributed by atoms with van der Waals surface area (Å²) in [7, 11) is 0. The van der Waals surface area contributed by atoms with Crippen LogP contribution in [0.5, 0.6) is 17.2 Å². The molecule has 0 saturated carbocycles. The lowest BCUT2D eigenvalue weighted by molar-refractivity contribution is -0.132. The Bertz CT molecular complexity index is 1360. The van der Waals surface area contributed by atoms with E-state index < -0.39 is 17.7 Å². The molecule has 190 valence electrons. The summed E-state index contributed by atoms with van der Waals surface area (Å²) >= 11 is 0. The van der Waals surface area contributed by atoms with Crippen LogP contribution in [0.4, 0.5) is 5.69 Å². The highest BCUT2D eigenvalue weighted by Crippen LogP contribution is 2.43. The topological polar surface area (TPSA) is 85.3 Å². The number of benzene rings is 3.